The van der Waals surface area contributed by atoms with Gasteiger partial charge in [-0.1, -0.05) is 28.1 Å². The second-order valence-corrected chi connectivity index (χ2v) is 5.49. The minimum atomic E-state index is 0.970. The Morgan fingerprint density at radius 3 is 2.89 bits per heavy atom. The van der Waals surface area contributed by atoms with Crippen LogP contribution in [0.15, 0.2) is 46.9 Å². The molecular weight excluding hydrogens is 288 g/mol. The first-order valence-corrected chi connectivity index (χ1v) is 6.91. The van der Waals surface area contributed by atoms with Crippen molar-refractivity contribution in [2.24, 2.45) is 0 Å². The summed E-state index contributed by atoms with van der Waals surface area (Å²) in [7, 11) is 0. The Morgan fingerprint density at radius 1 is 1.17 bits per heavy atom. The molecule has 0 unspecified atom stereocenters. The Kier molecular flexibility index (Phi) is 3.00. The highest BCUT2D eigenvalue weighted by molar-refractivity contribution is 9.10. The number of rotatable bonds is 1. The zero-order valence-corrected chi connectivity index (χ0v) is 11.9. The Morgan fingerprint density at radius 2 is 2.06 bits per heavy atom. The molecule has 0 fully saturated rings. The SMILES string of the molecule is Cc1cccc(N2CCNc3cc(Br)ccc32)c1. The lowest BCUT2D eigenvalue weighted by molar-refractivity contribution is 0.925. The highest BCUT2D eigenvalue weighted by Gasteiger charge is 2.17. The summed E-state index contributed by atoms with van der Waals surface area (Å²) in [5.74, 6) is 0. The van der Waals surface area contributed by atoms with Crippen LogP contribution < -0.4 is 10.2 Å². The number of nitrogens with one attached hydrogen (secondary N) is 1. The third-order valence-electron chi connectivity index (χ3n) is 3.21. The maximum Gasteiger partial charge on any atom is 0.0647 e. The molecule has 2 aromatic rings. The molecule has 1 aliphatic heterocycles. The molecule has 3 heteroatoms. The van der Waals surface area contributed by atoms with Crippen LogP contribution in [0.1, 0.15) is 5.56 Å². The molecule has 0 spiro atoms. The summed E-state index contributed by atoms with van der Waals surface area (Å²) >= 11 is 3.52. The fourth-order valence-electron chi connectivity index (χ4n) is 2.37. The number of halogens is 1. The van der Waals surface area contributed by atoms with E-state index in [1.165, 1.54) is 22.6 Å². The molecule has 0 amide bonds. The van der Waals surface area contributed by atoms with Gasteiger partial charge in [0.25, 0.3) is 0 Å². The van der Waals surface area contributed by atoms with Crippen LogP contribution in [0.5, 0.6) is 0 Å². The van der Waals surface area contributed by atoms with E-state index in [0.29, 0.717) is 0 Å². The van der Waals surface area contributed by atoms with E-state index in [4.69, 9.17) is 0 Å². The molecule has 0 bridgehead atoms. The zero-order chi connectivity index (χ0) is 12.5. The van der Waals surface area contributed by atoms with Crippen molar-refractivity contribution in [2.75, 3.05) is 23.3 Å². The third kappa shape index (κ3) is 2.10. The first-order valence-electron chi connectivity index (χ1n) is 6.12. The van der Waals surface area contributed by atoms with E-state index in [9.17, 15) is 0 Å². The maximum atomic E-state index is 3.52. The maximum absolute atomic E-state index is 3.52. The van der Waals surface area contributed by atoms with Gasteiger partial charge in [-0.3, -0.25) is 0 Å². The van der Waals surface area contributed by atoms with Gasteiger partial charge in [0.15, 0.2) is 0 Å². The van der Waals surface area contributed by atoms with Gasteiger partial charge >= 0.3 is 0 Å². The molecule has 2 aromatic carbocycles. The lowest BCUT2D eigenvalue weighted by Crippen LogP contribution is -2.30. The normalized spacial score (nSPS) is 14.0. The van der Waals surface area contributed by atoms with Crippen LogP contribution in [0.4, 0.5) is 17.1 Å². The highest BCUT2D eigenvalue weighted by Crippen LogP contribution is 2.36. The second kappa shape index (κ2) is 4.65. The second-order valence-electron chi connectivity index (χ2n) is 4.58. The summed E-state index contributed by atoms with van der Waals surface area (Å²) in [4.78, 5) is 2.37. The topological polar surface area (TPSA) is 15.3 Å². The minimum Gasteiger partial charge on any atom is -0.382 e. The van der Waals surface area contributed by atoms with Crippen molar-refractivity contribution in [3.05, 3.63) is 52.5 Å². The van der Waals surface area contributed by atoms with Crippen LogP contribution in [0.3, 0.4) is 0 Å². The zero-order valence-electron chi connectivity index (χ0n) is 10.3. The van der Waals surface area contributed by atoms with Crippen LogP contribution in [0, 0.1) is 6.92 Å². The Labute approximate surface area is 116 Å². The standard InChI is InChI=1S/C15H15BrN2/c1-11-3-2-4-13(9-11)18-8-7-17-14-10-12(16)5-6-15(14)18/h2-6,9-10,17H,7-8H2,1H3. The summed E-state index contributed by atoms with van der Waals surface area (Å²) in [5.41, 5.74) is 5.00. The van der Waals surface area contributed by atoms with Gasteiger partial charge in [-0.05, 0) is 42.8 Å². The van der Waals surface area contributed by atoms with Crippen molar-refractivity contribution in [3.63, 3.8) is 0 Å². The fraction of sp³-hybridized carbons (Fsp3) is 0.200. The fourth-order valence-corrected chi connectivity index (χ4v) is 2.73. The molecule has 0 saturated heterocycles. The molecule has 0 radical (unpaired) electrons. The van der Waals surface area contributed by atoms with Gasteiger partial charge in [0.2, 0.25) is 0 Å². The summed E-state index contributed by atoms with van der Waals surface area (Å²) in [6.07, 6.45) is 0. The van der Waals surface area contributed by atoms with Crippen LogP contribution in [-0.2, 0) is 0 Å². The quantitative estimate of drug-likeness (QED) is 0.844. The van der Waals surface area contributed by atoms with Crippen molar-refractivity contribution in [2.45, 2.75) is 6.92 Å². The van der Waals surface area contributed by atoms with Gasteiger partial charge in [-0.15, -0.1) is 0 Å². The molecule has 1 heterocycles. The van der Waals surface area contributed by atoms with Crippen LogP contribution >= 0.6 is 15.9 Å². The predicted molar refractivity (Wildman–Crippen MR) is 80.8 cm³/mol. The average Bonchev–Trinajstić information content (AvgIpc) is 2.37. The predicted octanol–water partition coefficient (Wildman–Crippen LogP) is 4.32. The van der Waals surface area contributed by atoms with Crippen molar-refractivity contribution < 1.29 is 0 Å². The van der Waals surface area contributed by atoms with Crippen LogP contribution in [-0.4, -0.2) is 13.1 Å². The summed E-state index contributed by atoms with van der Waals surface area (Å²) in [6.45, 7) is 4.10. The van der Waals surface area contributed by atoms with E-state index in [1.54, 1.807) is 0 Å². The molecule has 1 aliphatic rings. The van der Waals surface area contributed by atoms with E-state index in [0.717, 1.165) is 17.6 Å². The van der Waals surface area contributed by atoms with E-state index >= 15 is 0 Å². The Balaban J connectivity index is 2.06. The average molecular weight is 303 g/mol. The molecule has 92 valence electrons. The highest BCUT2D eigenvalue weighted by atomic mass is 79.9. The van der Waals surface area contributed by atoms with E-state index in [1.807, 2.05) is 0 Å². The number of nitrogens with zero attached hydrogens (tertiary/aromatic N) is 1. The third-order valence-corrected chi connectivity index (χ3v) is 3.71. The monoisotopic (exact) mass is 302 g/mol. The summed E-state index contributed by atoms with van der Waals surface area (Å²) in [5, 5.41) is 3.45. The minimum absolute atomic E-state index is 0.970. The van der Waals surface area contributed by atoms with Crippen molar-refractivity contribution >= 4 is 33.0 Å². The first-order chi connectivity index (χ1) is 8.74. The van der Waals surface area contributed by atoms with Gasteiger partial charge in [-0.2, -0.15) is 0 Å². The molecule has 0 aromatic heterocycles. The Hall–Kier alpha value is -1.48. The summed E-state index contributed by atoms with van der Waals surface area (Å²) in [6, 6.07) is 15.0. The summed E-state index contributed by atoms with van der Waals surface area (Å²) < 4.78 is 1.11. The number of hydrogen-bond acceptors (Lipinski definition) is 2. The van der Waals surface area contributed by atoms with Gasteiger partial charge in [0, 0.05) is 23.2 Å². The molecule has 0 atom stereocenters. The van der Waals surface area contributed by atoms with Crippen LogP contribution in [0.25, 0.3) is 0 Å². The number of anilines is 3. The molecular formula is C15H15BrN2. The van der Waals surface area contributed by atoms with Crippen molar-refractivity contribution in [1.82, 2.24) is 0 Å². The number of hydrogen-bond donors (Lipinski definition) is 1. The number of benzene rings is 2. The largest absolute Gasteiger partial charge is 0.382 e. The molecule has 2 nitrogen and oxygen atoms in total. The van der Waals surface area contributed by atoms with Gasteiger partial charge in [-0.25, -0.2) is 0 Å². The van der Waals surface area contributed by atoms with Gasteiger partial charge in [0.1, 0.15) is 0 Å². The number of fused-ring (bicyclic) bond motifs is 1. The van der Waals surface area contributed by atoms with E-state index in [-0.39, 0.29) is 0 Å². The first kappa shape index (κ1) is 11.6. The lowest BCUT2D eigenvalue weighted by Gasteiger charge is -2.32. The molecule has 18 heavy (non-hydrogen) atoms. The van der Waals surface area contributed by atoms with E-state index in [2.05, 4.69) is 75.5 Å². The van der Waals surface area contributed by atoms with Crippen LogP contribution in [0.2, 0.25) is 0 Å². The van der Waals surface area contributed by atoms with Crippen molar-refractivity contribution in [1.29, 1.82) is 0 Å². The lowest BCUT2D eigenvalue weighted by atomic mass is 10.1. The number of aryl methyl sites for hydroxylation is 1. The molecule has 0 aliphatic carbocycles. The van der Waals surface area contributed by atoms with E-state index < -0.39 is 0 Å². The van der Waals surface area contributed by atoms with Gasteiger partial charge < -0.3 is 10.2 Å². The Bertz CT molecular complexity index is 580. The smallest absolute Gasteiger partial charge is 0.0647 e. The molecule has 1 N–H and O–H groups in total. The van der Waals surface area contributed by atoms with Crippen molar-refractivity contribution in [3.8, 4) is 0 Å². The van der Waals surface area contributed by atoms with Gasteiger partial charge in [0.05, 0.1) is 11.4 Å². The molecule has 0 saturated carbocycles. The molecule has 3 rings (SSSR count).